The van der Waals surface area contributed by atoms with Gasteiger partial charge in [0, 0.05) is 115 Å². The highest BCUT2D eigenvalue weighted by molar-refractivity contribution is 5.89. The van der Waals surface area contributed by atoms with Crippen LogP contribution in [0.25, 0.3) is 69.6 Å². The van der Waals surface area contributed by atoms with E-state index < -0.39 is 24.2 Å². The molecule has 0 saturated heterocycles. The number of benzene rings is 8. The molecule has 3 aliphatic rings. The van der Waals surface area contributed by atoms with E-state index in [1.165, 1.54) is 122 Å². The van der Waals surface area contributed by atoms with Gasteiger partial charge in [0.05, 0.1) is 38.3 Å². The zero-order chi connectivity index (χ0) is 75.4. The Morgan fingerprint density at radius 3 is 1.54 bits per heavy atom. The number of aliphatic hydroxyl groups excluding tert-OH is 2. The first-order valence-corrected chi connectivity index (χ1v) is 35.8. The summed E-state index contributed by atoms with van der Waals surface area (Å²) in [6.07, 6.45) is 20.2. The predicted molar refractivity (Wildman–Crippen MR) is 429 cm³/mol. The summed E-state index contributed by atoms with van der Waals surface area (Å²) < 4.78 is 16.5. The number of fused-ring (bicyclic) bond motifs is 5. The van der Waals surface area contributed by atoms with E-state index in [4.69, 9.17) is 31.0 Å². The number of aromatic nitrogens is 4. The number of phenolic OH excluding ortho intramolecular Hbond substituents is 2. The van der Waals surface area contributed by atoms with Gasteiger partial charge in [-0.2, -0.15) is 9.13 Å². The summed E-state index contributed by atoms with van der Waals surface area (Å²) in [5, 5.41) is 48.8. The second kappa shape index (κ2) is 36.4. The number of nitrogens with zero attached hydrogens (tertiary/aromatic N) is 7. The Morgan fingerprint density at radius 1 is 0.538 bits per heavy atom. The summed E-state index contributed by atoms with van der Waals surface area (Å²) >= 11 is 0. The van der Waals surface area contributed by atoms with Gasteiger partial charge in [0.25, 0.3) is 0 Å². The van der Waals surface area contributed by atoms with E-state index in [-0.39, 0.29) is 29.4 Å². The third kappa shape index (κ3) is 18.0. The highest BCUT2D eigenvalue weighted by Crippen LogP contribution is 2.36. The quantitative estimate of drug-likeness (QED) is 0.0447. The van der Waals surface area contributed by atoms with E-state index in [9.17, 15) is 25.2 Å². The van der Waals surface area contributed by atoms with Gasteiger partial charge < -0.3 is 61.2 Å². The molecule has 8 aromatic carbocycles. The Bertz CT molecular complexity index is 5080. The number of methoxy groups -OCH3 is 2. The number of pyridine rings is 2. The number of anilines is 3. The van der Waals surface area contributed by atoms with Crippen molar-refractivity contribution >= 4 is 81.3 Å². The number of aliphatic hydroxyl groups is 2. The van der Waals surface area contributed by atoms with Gasteiger partial charge in [0.15, 0.2) is 34.9 Å². The Balaban J connectivity index is 0.000000145. The number of phenols is 2. The number of aryl methyl sites for hydroxylation is 3. The molecule has 14 rings (SSSR count). The number of para-hydroxylation sites is 5. The molecule has 0 saturated carbocycles. The molecule has 17 nitrogen and oxygen atoms in total. The lowest BCUT2D eigenvalue weighted by atomic mass is 10.0. The van der Waals surface area contributed by atoms with Gasteiger partial charge in [0.1, 0.15) is 30.9 Å². The van der Waals surface area contributed by atoms with Crippen molar-refractivity contribution in [1.29, 1.82) is 0 Å². The molecule has 0 amide bonds. The highest BCUT2D eigenvalue weighted by atomic mass is 16.5. The van der Waals surface area contributed by atoms with Gasteiger partial charge in [-0.1, -0.05) is 127 Å². The number of nitrogens with two attached hydrogens (primary N) is 2. The van der Waals surface area contributed by atoms with Crippen LogP contribution in [0.15, 0.2) is 254 Å². The summed E-state index contributed by atoms with van der Waals surface area (Å²) in [5.74, 6) is 0.113. The number of rotatable bonds is 16. The third-order valence-electron chi connectivity index (χ3n) is 18.7. The molecule has 106 heavy (non-hydrogen) atoms. The molecule has 6 heterocycles. The SMILES string of the molecule is CCN1/C(=C\c2ccc3ccccc3[n+]2CC)C=Cc2ccccc21.CCN1C(=Cc2cc(C)nc(-c3ccccc3)[n+]2C)C=Cc2ccccc21.CCN1C(=Cc2cc[n+](CC)c3ccccc23)C=Cc2ccccc21.COc1cc(C(O)C(N)C(=O)O)ccc1O.COc1cc(C(O)CN)ccc1O. The van der Waals surface area contributed by atoms with E-state index in [0.29, 0.717) is 11.3 Å². The Hall–Kier alpha value is -12.0. The molecule has 11 aromatic rings. The third-order valence-corrected chi connectivity index (χ3v) is 18.7. The fraction of sp³-hybridized carbons (Fsp3) is 0.202. The van der Waals surface area contributed by atoms with Crippen LogP contribution in [0.3, 0.4) is 0 Å². The molecule has 0 radical (unpaired) electrons. The van der Waals surface area contributed by atoms with Gasteiger partial charge in [-0.25, -0.2) is 4.57 Å². The molecule has 3 unspecified atom stereocenters. The van der Waals surface area contributed by atoms with Gasteiger partial charge in [0.2, 0.25) is 16.7 Å². The van der Waals surface area contributed by atoms with Crippen LogP contribution >= 0.6 is 0 Å². The van der Waals surface area contributed by atoms with Crippen molar-refractivity contribution in [3.63, 3.8) is 0 Å². The number of carboxylic acids is 1. The standard InChI is InChI=1S/C24H24N3.2C23H23N2.C10H13NO5.C9H13NO3/c1-4-27-21(15-14-19-10-8-9-13-23(19)27)17-22-16-18(2)25-24(26(22)3)20-11-6-5-7-12-20;1-3-24-20(15-13-18-9-5-7-11-22(18)24)17-21-16-14-19-10-6-8-12-23(19)25(21)4-2;1-3-24-16-15-19(21-10-6-8-12-23(21)24)17-20-14-13-18-9-5-7-11-22(18)25(20)4-2;1-16-7-4-5(2-3-6(7)12)9(13)8(11)10(14)15;1-13-9-4-6(8(12)5-10)2-3-7(9)11/h5-17H,4H2,1-3H3;2*5-17H,3-4H2,1-2H3;2-4,8-9,12-13H,11H2,1H3,(H,14,15);2-4,8,11-12H,5,10H2,1H3/q3*+1;;. The first-order chi connectivity index (χ1) is 51.4. The average molecular weight is 1420 g/mol. The van der Waals surface area contributed by atoms with E-state index in [1.807, 2.05) is 6.07 Å². The molecule has 542 valence electrons. The summed E-state index contributed by atoms with van der Waals surface area (Å²) in [7, 11) is 4.88. The molecule has 9 N–H and O–H groups in total. The summed E-state index contributed by atoms with van der Waals surface area (Å²) in [6, 6.07) is 69.3. The lowest BCUT2D eigenvalue weighted by Crippen LogP contribution is -2.37. The van der Waals surface area contributed by atoms with E-state index in [1.54, 1.807) is 12.1 Å². The Labute approximate surface area is 621 Å². The van der Waals surface area contributed by atoms with Crippen molar-refractivity contribution in [3.8, 4) is 34.4 Å². The molecule has 3 aliphatic heterocycles. The molecular formula is C89H96N9O8+3. The number of allylic oxidation sites excluding steroid dienone is 3. The Kier molecular flexibility index (Phi) is 26.3. The largest absolute Gasteiger partial charge is 0.504 e. The minimum atomic E-state index is -1.42. The van der Waals surface area contributed by atoms with Crippen LogP contribution in [-0.2, 0) is 24.9 Å². The number of carbonyl (C=O) groups is 1. The second-order valence-corrected chi connectivity index (χ2v) is 25.2. The summed E-state index contributed by atoms with van der Waals surface area (Å²) in [5.41, 5.74) is 31.1. The maximum atomic E-state index is 10.6. The van der Waals surface area contributed by atoms with Crippen LogP contribution in [0.4, 0.5) is 17.1 Å². The molecule has 17 heteroatoms. The number of carboxylic acid groups (broad SMARTS) is 1. The minimum absolute atomic E-state index is 0.0514. The van der Waals surface area contributed by atoms with Crippen molar-refractivity contribution < 1.29 is 53.5 Å². The van der Waals surface area contributed by atoms with Gasteiger partial charge in [-0.15, -0.1) is 0 Å². The monoisotopic (exact) mass is 1420 g/mol. The van der Waals surface area contributed by atoms with Crippen molar-refractivity contribution in [2.45, 2.75) is 72.9 Å². The molecule has 0 fully saturated rings. The molecular weight excluding hydrogens is 1320 g/mol. The van der Waals surface area contributed by atoms with Crippen LogP contribution in [0.1, 0.15) is 97.3 Å². The smallest absolute Gasteiger partial charge is 0.330 e. The topological polar surface area (TPSA) is 223 Å². The zero-order valence-corrected chi connectivity index (χ0v) is 61.7. The molecule has 0 bridgehead atoms. The van der Waals surface area contributed by atoms with Crippen LogP contribution in [0.5, 0.6) is 23.0 Å². The molecule has 3 atom stereocenters. The van der Waals surface area contributed by atoms with Crippen LogP contribution in [-0.4, -0.2) is 82.9 Å². The number of hydrogen-bond acceptors (Lipinski definition) is 13. The van der Waals surface area contributed by atoms with Crippen LogP contribution in [0, 0.1) is 6.92 Å². The van der Waals surface area contributed by atoms with Crippen molar-refractivity contribution in [2.24, 2.45) is 18.5 Å². The van der Waals surface area contributed by atoms with E-state index >= 15 is 0 Å². The normalized spacial score (nSPS) is 14.4. The fourth-order valence-electron chi connectivity index (χ4n) is 13.2. The number of hydrogen-bond donors (Lipinski definition) is 7. The number of aliphatic carboxylic acids is 1. The Morgan fingerprint density at radius 2 is 1.02 bits per heavy atom. The van der Waals surface area contributed by atoms with Gasteiger partial charge >= 0.3 is 11.8 Å². The lowest BCUT2D eigenvalue weighted by molar-refractivity contribution is -0.669. The zero-order valence-electron chi connectivity index (χ0n) is 61.7. The first kappa shape index (κ1) is 76.6. The van der Waals surface area contributed by atoms with Crippen LogP contribution < -0.4 is 49.3 Å². The number of aromatic hydroxyl groups is 2. The maximum Gasteiger partial charge on any atom is 0.330 e. The van der Waals surface area contributed by atoms with Crippen molar-refractivity contribution in [3.05, 3.63) is 304 Å². The summed E-state index contributed by atoms with van der Waals surface area (Å²) in [6.45, 7) is 18.0. The van der Waals surface area contributed by atoms with E-state index in [2.05, 4.69) is 308 Å². The molecule has 0 spiro atoms. The fourth-order valence-corrected chi connectivity index (χ4v) is 13.2. The van der Waals surface area contributed by atoms with E-state index in [0.717, 1.165) is 55.5 Å². The maximum absolute atomic E-state index is 10.6. The lowest BCUT2D eigenvalue weighted by Gasteiger charge is -2.29. The molecule has 3 aromatic heterocycles. The average Bonchev–Trinajstić information content (AvgIpc) is 0.792. The molecule has 0 aliphatic carbocycles. The highest BCUT2D eigenvalue weighted by Gasteiger charge is 2.26. The first-order valence-electron chi connectivity index (χ1n) is 35.8. The second-order valence-electron chi connectivity index (χ2n) is 25.2. The number of likely N-dealkylation sites (N-methyl/N-ethyl adjacent to an activating group) is 3. The minimum Gasteiger partial charge on any atom is -0.504 e. The van der Waals surface area contributed by atoms with Gasteiger partial charge in [-0.05, 0) is 170 Å². The van der Waals surface area contributed by atoms with Crippen molar-refractivity contribution in [2.75, 3.05) is 55.1 Å². The van der Waals surface area contributed by atoms with Gasteiger partial charge in [-0.3, -0.25) is 4.79 Å². The number of ether oxygens (including phenoxy) is 2. The summed E-state index contributed by atoms with van der Waals surface area (Å²) in [4.78, 5) is 22.5. The van der Waals surface area contributed by atoms with Crippen LogP contribution in [0.2, 0.25) is 0 Å². The van der Waals surface area contributed by atoms with Crippen molar-refractivity contribution in [1.82, 2.24) is 4.98 Å². The predicted octanol–water partition coefficient (Wildman–Crippen LogP) is 15.1.